The van der Waals surface area contributed by atoms with Crippen LogP contribution in [0.4, 0.5) is 10.1 Å². The van der Waals surface area contributed by atoms with E-state index in [9.17, 15) is 4.39 Å². The number of nitrogens with one attached hydrogen (secondary N) is 1. The molecule has 3 rings (SSSR count). The largest absolute Gasteiger partial charge is 0.378 e. The molecule has 0 amide bonds. The third-order valence-corrected chi connectivity index (χ3v) is 4.52. The maximum atomic E-state index is 13.8. The molecule has 1 heterocycles. The van der Waals surface area contributed by atoms with E-state index in [1.165, 1.54) is 6.07 Å². The van der Waals surface area contributed by atoms with Crippen LogP contribution in [0.3, 0.4) is 0 Å². The summed E-state index contributed by atoms with van der Waals surface area (Å²) in [4.78, 5) is 0. The van der Waals surface area contributed by atoms with Gasteiger partial charge in [-0.1, -0.05) is 39.1 Å². The standard InChI is InChI=1S/C13H7BrCl2FN3S/c14-7-1-2-10(17)6(3-7)5-18-11-8(15)4-9(16)12-13(11)20-21-19-12/h1-4,18H,5H2. The predicted molar refractivity (Wildman–Crippen MR) is 88.9 cm³/mol. The quantitative estimate of drug-likeness (QED) is 0.622. The summed E-state index contributed by atoms with van der Waals surface area (Å²) in [5, 5.41) is 3.98. The minimum atomic E-state index is -0.288. The second kappa shape index (κ2) is 6.04. The molecule has 0 bridgehead atoms. The van der Waals surface area contributed by atoms with Crippen LogP contribution in [0.25, 0.3) is 11.0 Å². The number of halogens is 4. The summed E-state index contributed by atoms with van der Waals surface area (Å²) in [6.07, 6.45) is 0. The van der Waals surface area contributed by atoms with Crippen molar-refractivity contribution >= 4 is 67.6 Å². The van der Waals surface area contributed by atoms with Gasteiger partial charge in [-0.25, -0.2) is 4.39 Å². The van der Waals surface area contributed by atoms with Crippen molar-refractivity contribution in [2.45, 2.75) is 6.54 Å². The van der Waals surface area contributed by atoms with E-state index in [1.807, 2.05) is 0 Å². The zero-order valence-corrected chi connectivity index (χ0v) is 14.2. The van der Waals surface area contributed by atoms with Crippen LogP contribution in [0, 0.1) is 5.82 Å². The van der Waals surface area contributed by atoms with Gasteiger partial charge in [-0.05, 0) is 24.3 Å². The van der Waals surface area contributed by atoms with Crippen molar-refractivity contribution in [3.05, 3.63) is 50.2 Å². The molecule has 3 nitrogen and oxygen atoms in total. The Bertz CT molecular complexity index is 825. The molecule has 0 aliphatic rings. The molecule has 0 aliphatic carbocycles. The number of hydrogen-bond acceptors (Lipinski definition) is 4. The normalized spacial score (nSPS) is 11.0. The van der Waals surface area contributed by atoms with E-state index in [-0.39, 0.29) is 12.4 Å². The van der Waals surface area contributed by atoms with Crippen molar-refractivity contribution in [3.8, 4) is 0 Å². The van der Waals surface area contributed by atoms with Gasteiger partial charge in [0.05, 0.1) is 27.5 Å². The summed E-state index contributed by atoms with van der Waals surface area (Å²) in [6.45, 7) is 0.277. The Balaban J connectivity index is 1.95. The Kier molecular flexibility index (Phi) is 4.31. The van der Waals surface area contributed by atoms with Gasteiger partial charge in [0.2, 0.25) is 0 Å². The molecule has 3 aromatic rings. The number of hydrogen-bond donors (Lipinski definition) is 1. The van der Waals surface area contributed by atoms with Gasteiger partial charge in [-0.15, -0.1) is 0 Å². The molecule has 0 aliphatic heterocycles. The van der Waals surface area contributed by atoms with E-state index in [0.29, 0.717) is 32.3 Å². The lowest BCUT2D eigenvalue weighted by molar-refractivity contribution is 0.612. The van der Waals surface area contributed by atoms with E-state index in [0.717, 1.165) is 16.2 Å². The highest BCUT2D eigenvalue weighted by molar-refractivity contribution is 9.10. The third kappa shape index (κ3) is 2.99. The minimum absolute atomic E-state index is 0.277. The van der Waals surface area contributed by atoms with Crippen molar-refractivity contribution in [1.82, 2.24) is 8.75 Å². The third-order valence-electron chi connectivity index (χ3n) is 2.91. The van der Waals surface area contributed by atoms with Gasteiger partial charge in [-0.2, -0.15) is 8.75 Å². The van der Waals surface area contributed by atoms with Crippen LogP contribution in [-0.4, -0.2) is 8.75 Å². The Morgan fingerprint density at radius 3 is 2.71 bits per heavy atom. The second-order valence-electron chi connectivity index (χ2n) is 4.27. The topological polar surface area (TPSA) is 37.8 Å². The van der Waals surface area contributed by atoms with Crippen molar-refractivity contribution in [3.63, 3.8) is 0 Å². The molecular formula is C13H7BrCl2FN3S. The van der Waals surface area contributed by atoms with Gasteiger partial charge < -0.3 is 5.32 Å². The number of fused-ring (bicyclic) bond motifs is 1. The van der Waals surface area contributed by atoms with Crippen LogP contribution in [0.1, 0.15) is 5.56 Å². The van der Waals surface area contributed by atoms with E-state index < -0.39 is 0 Å². The Morgan fingerprint density at radius 1 is 1.14 bits per heavy atom. The smallest absolute Gasteiger partial charge is 0.130 e. The van der Waals surface area contributed by atoms with Crippen LogP contribution in [-0.2, 0) is 6.54 Å². The SMILES string of the molecule is Fc1ccc(Br)cc1CNc1c(Cl)cc(Cl)c2nsnc12. The monoisotopic (exact) mass is 405 g/mol. The molecule has 2 aromatic carbocycles. The van der Waals surface area contributed by atoms with Crippen molar-refractivity contribution in [2.75, 3.05) is 5.32 Å². The number of anilines is 1. The predicted octanol–water partition coefficient (Wildman–Crippen LogP) is 5.51. The summed E-state index contributed by atoms with van der Waals surface area (Å²) in [6, 6.07) is 6.37. The van der Waals surface area contributed by atoms with Gasteiger partial charge in [-0.3, -0.25) is 0 Å². The Morgan fingerprint density at radius 2 is 1.90 bits per heavy atom. The van der Waals surface area contributed by atoms with E-state index in [1.54, 1.807) is 18.2 Å². The highest BCUT2D eigenvalue weighted by Crippen LogP contribution is 2.35. The maximum absolute atomic E-state index is 13.8. The first kappa shape index (κ1) is 15.0. The van der Waals surface area contributed by atoms with E-state index in [4.69, 9.17) is 23.2 Å². The van der Waals surface area contributed by atoms with E-state index >= 15 is 0 Å². The molecule has 108 valence electrons. The fraction of sp³-hybridized carbons (Fsp3) is 0.0769. The highest BCUT2D eigenvalue weighted by atomic mass is 79.9. The van der Waals surface area contributed by atoms with Crippen LogP contribution in [0.5, 0.6) is 0 Å². The number of aromatic nitrogens is 2. The first-order valence-electron chi connectivity index (χ1n) is 5.84. The lowest BCUT2D eigenvalue weighted by atomic mass is 10.2. The summed E-state index contributed by atoms with van der Waals surface area (Å²) >= 11 is 16.6. The van der Waals surface area contributed by atoms with Crippen LogP contribution in [0.2, 0.25) is 10.0 Å². The van der Waals surface area contributed by atoms with Gasteiger partial charge in [0.25, 0.3) is 0 Å². The number of benzene rings is 2. The number of rotatable bonds is 3. The van der Waals surface area contributed by atoms with Gasteiger partial charge >= 0.3 is 0 Å². The Labute approximate surface area is 142 Å². The minimum Gasteiger partial charge on any atom is -0.378 e. The summed E-state index contributed by atoms with van der Waals surface area (Å²) in [5.74, 6) is -0.288. The average molecular weight is 407 g/mol. The van der Waals surface area contributed by atoms with Gasteiger partial charge in [0.1, 0.15) is 16.9 Å². The van der Waals surface area contributed by atoms with Gasteiger partial charge in [0.15, 0.2) is 0 Å². The van der Waals surface area contributed by atoms with Crippen LogP contribution < -0.4 is 5.32 Å². The molecule has 0 spiro atoms. The molecule has 8 heteroatoms. The Hall–Kier alpha value is -0.950. The first-order chi connectivity index (χ1) is 10.1. The number of nitrogens with zero attached hydrogens (tertiary/aromatic N) is 2. The summed E-state index contributed by atoms with van der Waals surface area (Å²) < 4.78 is 22.9. The summed E-state index contributed by atoms with van der Waals surface area (Å²) in [5.41, 5.74) is 2.30. The highest BCUT2D eigenvalue weighted by Gasteiger charge is 2.14. The lowest BCUT2D eigenvalue weighted by Crippen LogP contribution is -2.03. The molecule has 0 atom stereocenters. The molecule has 1 aromatic heterocycles. The maximum Gasteiger partial charge on any atom is 0.130 e. The fourth-order valence-corrected chi connectivity index (χ4v) is 3.49. The van der Waals surface area contributed by atoms with E-state index in [2.05, 4.69) is 30.0 Å². The lowest BCUT2D eigenvalue weighted by Gasteiger charge is -2.10. The molecule has 0 fully saturated rings. The zero-order chi connectivity index (χ0) is 15.0. The fourth-order valence-electron chi connectivity index (χ4n) is 1.90. The first-order valence-corrected chi connectivity index (χ1v) is 8.12. The van der Waals surface area contributed by atoms with Gasteiger partial charge in [0, 0.05) is 16.6 Å². The summed E-state index contributed by atoms with van der Waals surface area (Å²) in [7, 11) is 0. The molecule has 0 saturated carbocycles. The zero-order valence-electron chi connectivity index (χ0n) is 10.3. The molecule has 0 radical (unpaired) electrons. The van der Waals surface area contributed by atoms with Crippen molar-refractivity contribution < 1.29 is 4.39 Å². The molecule has 0 unspecified atom stereocenters. The van der Waals surface area contributed by atoms with Crippen molar-refractivity contribution in [2.24, 2.45) is 0 Å². The molecule has 21 heavy (non-hydrogen) atoms. The molecular weight excluding hydrogens is 400 g/mol. The van der Waals surface area contributed by atoms with Crippen molar-refractivity contribution in [1.29, 1.82) is 0 Å². The second-order valence-corrected chi connectivity index (χ2v) is 6.52. The molecule has 1 N–H and O–H groups in total. The average Bonchev–Trinajstić information content (AvgIpc) is 2.92. The molecule has 0 saturated heterocycles. The van der Waals surface area contributed by atoms with Crippen LogP contribution >= 0.6 is 50.9 Å². The van der Waals surface area contributed by atoms with Crippen LogP contribution in [0.15, 0.2) is 28.7 Å².